The number of hydrogen-bond donors (Lipinski definition) is 2. The average Bonchev–Trinajstić information content (AvgIpc) is 3.25. The third kappa shape index (κ3) is 3.90. The molecule has 0 bridgehead atoms. The first-order chi connectivity index (χ1) is 15.6. The van der Waals surface area contributed by atoms with Crippen LogP contribution in [0.15, 0.2) is 83.9 Å². The summed E-state index contributed by atoms with van der Waals surface area (Å²) in [5.74, 6) is 0.0917. The van der Waals surface area contributed by atoms with Gasteiger partial charge in [0, 0.05) is 22.3 Å². The van der Waals surface area contributed by atoms with Crippen LogP contribution in [0.25, 0.3) is 16.9 Å². The zero-order valence-corrected chi connectivity index (χ0v) is 18.1. The van der Waals surface area contributed by atoms with E-state index in [0.29, 0.717) is 28.4 Å². The number of thioether (sulfide) groups is 1. The molecule has 0 spiro atoms. The van der Waals surface area contributed by atoms with Crippen LogP contribution >= 0.6 is 11.8 Å². The summed E-state index contributed by atoms with van der Waals surface area (Å²) in [6, 6.07) is 23.1. The molecule has 0 unspecified atom stereocenters. The molecule has 1 aliphatic rings. The van der Waals surface area contributed by atoms with Crippen LogP contribution in [-0.2, 0) is 4.79 Å². The molecule has 5 rings (SSSR count). The number of fused-ring (bicyclic) bond motifs is 1. The van der Waals surface area contributed by atoms with Crippen LogP contribution in [0.2, 0.25) is 0 Å². The van der Waals surface area contributed by atoms with Crippen molar-refractivity contribution in [3.05, 3.63) is 90.1 Å². The lowest BCUT2D eigenvalue weighted by Gasteiger charge is -2.17. The molecule has 2 heterocycles. The maximum atomic E-state index is 13.3. The lowest BCUT2D eigenvalue weighted by atomic mass is 10.0. The average molecular weight is 441 g/mol. The summed E-state index contributed by atoms with van der Waals surface area (Å²) in [4.78, 5) is 26.0. The van der Waals surface area contributed by atoms with Crippen LogP contribution in [0, 0.1) is 6.92 Å². The number of carbonyl (C=O) groups is 2. The Labute approximate surface area is 189 Å². The highest BCUT2D eigenvalue weighted by Crippen LogP contribution is 2.34. The Morgan fingerprint density at radius 2 is 1.84 bits per heavy atom. The zero-order valence-electron chi connectivity index (χ0n) is 17.3. The van der Waals surface area contributed by atoms with Gasteiger partial charge in [0.1, 0.15) is 5.69 Å². The number of hydrogen-bond acceptors (Lipinski definition) is 4. The van der Waals surface area contributed by atoms with E-state index in [4.69, 9.17) is 5.10 Å². The summed E-state index contributed by atoms with van der Waals surface area (Å²) < 4.78 is 1.72. The van der Waals surface area contributed by atoms with Gasteiger partial charge in [0.25, 0.3) is 5.91 Å². The molecule has 32 heavy (non-hydrogen) atoms. The zero-order chi connectivity index (χ0) is 22.1. The highest BCUT2D eigenvalue weighted by molar-refractivity contribution is 8.00. The minimum atomic E-state index is -0.264. The number of amides is 2. The van der Waals surface area contributed by atoms with Crippen LogP contribution in [0.3, 0.4) is 0 Å². The number of aryl methyl sites for hydroxylation is 1. The summed E-state index contributed by atoms with van der Waals surface area (Å²) in [7, 11) is 0. The molecule has 2 amide bonds. The van der Waals surface area contributed by atoms with Gasteiger partial charge in [-0.1, -0.05) is 42.5 Å². The summed E-state index contributed by atoms with van der Waals surface area (Å²) >= 11 is 1.48. The first-order valence-corrected chi connectivity index (χ1v) is 11.2. The van der Waals surface area contributed by atoms with E-state index in [1.807, 2.05) is 73.7 Å². The maximum absolute atomic E-state index is 13.3. The molecule has 2 N–H and O–H groups in total. The summed E-state index contributed by atoms with van der Waals surface area (Å²) in [6.45, 7) is 2.00. The molecule has 158 valence electrons. The van der Waals surface area contributed by atoms with Crippen molar-refractivity contribution in [1.82, 2.24) is 9.78 Å². The second-order valence-electron chi connectivity index (χ2n) is 7.49. The highest BCUT2D eigenvalue weighted by atomic mass is 32.2. The number of rotatable bonds is 4. The number of nitrogens with zero attached hydrogens (tertiary/aromatic N) is 2. The number of anilines is 2. The lowest BCUT2D eigenvalue weighted by molar-refractivity contribution is -0.113. The SMILES string of the molecule is Cc1ccccc1-c1nn(-c2ccccc2)cc1C(=O)Nc1ccc2c(c1)NC(=O)CS2. The molecule has 0 fully saturated rings. The third-order valence-electron chi connectivity index (χ3n) is 5.25. The van der Waals surface area contributed by atoms with Crippen LogP contribution in [0.4, 0.5) is 11.4 Å². The van der Waals surface area contributed by atoms with Gasteiger partial charge in [-0.3, -0.25) is 9.59 Å². The molecule has 0 atom stereocenters. The first-order valence-electron chi connectivity index (χ1n) is 10.2. The van der Waals surface area contributed by atoms with E-state index in [2.05, 4.69) is 10.6 Å². The van der Waals surface area contributed by atoms with E-state index < -0.39 is 0 Å². The molecule has 0 radical (unpaired) electrons. The van der Waals surface area contributed by atoms with Crippen LogP contribution < -0.4 is 10.6 Å². The molecule has 6 nitrogen and oxygen atoms in total. The van der Waals surface area contributed by atoms with Crippen molar-refractivity contribution in [2.24, 2.45) is 0 Å². The minimum Gasteiger partial charge on any atom is -0.324 e. The van der Waals surface area contributed by atoms with Gasteiger partial charge in [-0.05, 0) is 42.8 Å². The van der Waals surface area contributed by atoms with Crippen LogP contribution in [0.5, 0.6) is 0 Å². The predicted molar refractivity (Wildman–Crippen MR) is 127 cm³/mol. The van der Waals surface area contributed by atoms with E-state index in [-0.39, 0.29) is 11.8 Å². The summed E-state index contributed by atoms with van der Waals surface area (Å²) in [6.07, 6.45) is 1.75. The third-order valence-corrected chi connectivity index (χ3v) is 6.32. The summed E-state index contributed by atoms with van der Waals surface area (Å²) in [5.41, 5.74) is 5.22. The lowest BCUT2D eigenvalue weighted by Crippen LogP contribution is -2.19. The molecule has 0 aliphatic carbocycles. The molecule has 0 saturated heterocycles. The second kappa shape index (κ2) is 8.36. The molecule has 4 aromatic rings. The van der Waals surface area contributed by atoms with E-state index >= 15 is 0 Å². The number of benzene rings is 3. The van der Waals surface area contributed by atoms with Crippen molar-refractivity contribution in [3.8, 4) is 16.9 Å². The maximum Gasteiger partial charge on any atom is 0.259 e. The van der Waals surface area contributed by atoms with Crippen molar-refractivity contribution in [2.45, 2.75) is 11.8 Å². The largest absolute Gasteiger partial charge is 0.324 e. The van der Waals surface area contributed by atoms with Gasteiger partial charge in [0.15, 0.2) is 0 Å². The Balaban J connectivity index is 1.53. The Kier molecular flexibility index (Phi) is 5.25. The topological polar surface area (TPSA) is 76.0 Å². The van der Waals surface area contributed by atoms with E-state index in [1.165, 1.54) is 11.8 Å². The molecular formula is C25H20N4O2S. The first kappa shape index (κ1) is 20.1. The number of nitrogens with one attached hydrogen (secondary N) is 2. The number of aromatic nitrogens is 2. The Hall–Kier alpha value is -3.84. The smallest absolute Gasteiger partial charge is 0.259 e. The van der Waals surface area contributed by atoms with Gasteiger partial charge in [-0.25, -0.2) is 4.68 Å². The van der Waals surface area contributed by atoms with Crippen LogP contribution in [0.1, 0.15) is 15.9 Å². The Morgan fingerprint density at radius 1 is 1.06 bits per heavy atom. The predicted octanol–water partition coefficient (Wildman–Crippen LogP) is 5.14. The fraction of sp³-hybridized carbons (Fsp3) is 0.0800. The van der Waals surface area contributed by atoms with Gasteiger partial charge < -0.3 is 10.6 Å². The number of carbonyl (C=O) groups excluding carboxylic acids is 2. The van der Waals surface area contributed by atoms with Gasteiger partial charge >= 0.3 is 0 Å². The molecule has 1 aliphatic heterocycles. The van der Waals surface area contributed by atoms with Crippen molar-refractivity contribution in [1.29, 1.82) is 0 Å². The Bertz CT molecular complexity index is 1330. The fourth-order valence-corrected chi connectivity index (χ4v) is 4.44. The van der Waals surface area contributed by atoms with Crippen molar-refractivity contribution < 1.29 is 9.59 Å². The van der Waals surface area contributed by atoms with E-state index in [1.54, 1.807) is 16.9 Å². The van der Waals surface area contributed by atoms with Crippen molar-refractivity contribution in [3.63, 3.8) is 0 Å². The molecule has 7 heteroatoms. The van der Waals surface area contributed by atoms with Crippen molar-refractivity contribution in [2.75, 3.05) is 16.4 Å². The molecule has 0 saturated carbocycles. The quantitative estimate of drug-likeness (QED) is 0.460. The van der Waals surface area contributed by atoms with E-state index in [9.17, 15) is 9.59 Å². The van der Waals surface area contributed by atoms with Gasteiger partial charge in [0.05, 0.1) is 22.7 Å². The highest BCUT2D eigenvalue weighted by Gasteiger charge is 2.21. The van der Waals surface area contributed by atoms with E-state index in [0.717, 1.165) is 21.7 Å². The number of para-hydroxylation sites is 1. The van der Waals surface area contributed by atoms with Gasteiger partial charge in [0.2, 0.25) is 5.91 Å². The standard InChI is InChI=1S/C25H20N4O2S/c1-16-7-5-6-10-19(16)24-20(14-29(28-24)18-8-3-2-4-9-18)25(31)26-17-11-12-22-21(13-17)27-23(30)15-32-22/h2-14H,15H2,1H3,(H,26,31)(H,27,30). The normalized spacial score (nSPS) is 12.7. The Morgan fingerprint density at radius 3 is 2.66 bits per heavy atom. The summed E-state index contributed by atoms with van der Waals surface area (Å²) in [5, 5.41) is 10.6. The van der Waals surface area contributed by atoms with Crippen molar-refractivity contribution >= 4 is 35.0 Å². The van der Waals surface area contributed by atoms with Crippen LogP contribution in [-0.4, -0.2) is 27.3 Å². The molecule has 1 aromatic heterocycles. The molecule has 3 aromatic carbocycles. The minimum absolute atomic E-state index is 0.0445. The van der Waals surface area contributed by atoms with Gasteiger partial charge in [-0.2, -0.15) is 5.10 Å². The monoisotopic (exact) mass is 440 g/mol. The molecular weight excluding hydrogens is 420 g/mol. The fourth-order valence-electron chi connectivity index (χ4n) is 3.65. The van der Waals surface area contributed by atoms with Gasteiger partial charge in [-0.15, -0.1) is 11.8 Å². The second-order valence-corrected chi connectivity index (χ2v) is 8.51.